The molecule has 1 saturated carbocycles. The van der Waals surface area contributed by atoms with Gasteiger partial charge < -0.3 is 20.3 Å². The Morgan fingerprint density at radius 3 is 2.74 bits per heavy atom. The van der Waals surface area contributed by atoms with Crippen molar-refractivity contribution >= 4 is 35.2 Å². The summed E-state index contributed by atoms with van der Waals surface area (Å²) in [6.07, 6.45) is 12.5. The number of carbonyl (C=O) groups is 3. The molecule has 3 fully saturated rings. The van der Waals surface area contributed by atoms with Gasteiger partial charge in [-0.25, -0.2) is 0 Å². The predicted octanol–water partition coefficient (Wildman–Crippen LogP) is 5.02. The van der Waals surface area contributed by atoms with Gasteiger partial charge in [-0.3, -0.25) is 14.4 Å². The molecular weight excluding hydrogens is 510 g/mol. The second-order valence-electron chi connectivity index (χ2n) is 11.9. The van der Waals surface area contributed by atoms with E-state index in [1.807, 2.05) is 42.7 Å². The number of ether oxygens (including phenoxy) is 1. The summed E-state index contributed by atoms with van der Waals surface area (Å²) in [6, 6.07) is 7.01. The summed E-state index contributed by atoms with van der Waals surface area (Å²) in [6.45, 7) is 7.11. The smallest absolute Gasteiger partial charge is 0.246 e. The fourth-order valence-electron chi connectivity index (χ4n) is 7.19. The van der Waals surface area contributed by atoms with Gasteiger partial charge in [0.2, 0.25) is 17.7 Å². The number of amides is 3. The van der Waals surface area contributed by atoms with E-state index < -0.39 is 29.6 Å². The molecule has 2 bridgehead atoms. The van der Waals surface area contributed by atoms with Gasteiger partial charge >= 0.3 is 0 Å². The first-order valence-corrected chi connectivity index (χ1v) is 16.0. The first-order chi connectivity index (χ1) is 18.8. The van der Waals surface area contributed by atoms with Gasteiger partial charge in [0, 0.05) is 23.2 Å². The summed E-state index contributed by atoms with van der Waals surface area (Å²) < 4.78 is 6.50. The highest BCUT2D eigenvalue weighted by molar-refractivity contribution is 7.98. The van der Waals surface area contributed by atoms with Crippen LogP contribution in [0.1, 0.15) is 65.7 Å². The Morgan fingerprint density at radius 2 is 1.97 bits per heavy atom. The zero-order chi connectivity index (χ0) is 27.7. The van der Waals surface area contributed by atoms with Crippen molar-refractivity contribution in [1.29, 1.82) is 0 Å². The maximum atomic E-state index is 14.1. The van der Waals surface area contributed by atoms with Crippen molar-refractivity contribution in [3.8, 4) is 0 Å². The van der Waals surface area contributed by atoms with Crippen LogP contribution in [0, 0.1) is 23.7 Å². The minimum Gasteiger partial charge on any atom is -0.359 e. The highest BCUT2D eigenvalue weighted by Gasteiger charge is 2.72. The van der Waals surface area contributed by atoms with E-state index in [0.717, 1.165) is 43.4 Å². The van der Waals surface area contributed by atoms with Gasteiger partial charge in [-0.2, -0.15) is 0 Å². The first-order valence-electron chi connectivity index (χ1n) is 14.7. The minimum absolute atomic E-state index is 0.0825. The van der Waals surface area contributed by atoms with E-state index in [-0.39, 0.29) is 23.8 Å². The summed E-state index contributed by atoms with van der Waals surface area (Å²) in [5.74, 6) is -0.983. The lowest BCUT2D eigenvalue weighted by atomic mass is 9.73. The van der Waals surface area contributed by atoms with Crippen LogP contribution in [-0.4, -0.2) is 59.2 Å². The molecule has 1 spiro atoms. The maximum Gasteiger partial charge on any atom is 0.246 e. The van der Waals surface area contributed by atoms with Crippen molar-refractivity contribution in [2.45, 2.75) is 94.4 Å². The lowest BCUT2D eigenvalue weighted by molar-refractivity contribution is -0.141. The van der Waals surface area contributed by atoms with Crippen molar-refractivity contribution in [3.05, 3.63) is 36.4 Å². The third-order valence-electron chi connectivity index (χ3n) is 9.55. The fraction of sp³-hybridized carbons (Fsp3) is 0.645. The quantitative estimate of drug-likeness (QED) is 0.241. The van der Waals surface area contributed by atoms with Gasteiger partial charge in [-0.1, -0.05) is 71.1 Å². The number of fused-ring (bicyclic) bond motifs is 1. The van der Waals surface area contributed by atoms with E-state index in [4.69, 9.17) is 4.74 Å². The van der Waals surface area contributed by atoms with Crippen LogP contribution < -0.4 is 10.6 Å². The highest BCUT2D eigenvalue weighted by atomic mass is 32.2. The van der Waals surface area contributed by atoms with Gasteiger partial charge in [0.15, 0.2) is 0 Å². The maximum absolute atomic E-state index is 14.1. The molecule has 8 atom stereocenters. The van der Waals surface area contributed by atoms with Crippen molar-refractivity contribution < 1.29 is 19.1 Å². The highest BCUT2D eigenvalue weighted by Crippen LogP contribution is 2.55. The number of nitrogens with one attached hydrogen (secondary N) is 2. The number of likely N-dealkylation sites (tertiary alicyclic amines) is 1. The van der Waals surface area contributed by atoms with E-state index in [9.17, 15) is 14.4 Å². The zero-order valence-corrected chi connectivity index (χ0v) is 24.5. The molecule has 1 aromatic rings. The molecule has 5 rings (SSSR count). The average molecular weight is 554 g/mol. The number of anilines is 1. The Balaban J connectivity index is 1.41. The predicted molar refractivity (Wildman–Crippen MR) is 154 cm³/mol. The monoisotopic (exact) mass is 553 g/mol. The van der Waals surface area contributed by atoms with Crippen molar-refractivity contribution in [2.75, 3.05) is 18.1 Å². The van der Waals surface area contributed by atoms with Gasteiger partial charge in [0.1, 0.15) is 11.6 Å². The number of benzene rings is 1. The Kier molecular flexibility index (Phi) is 8.43. The van der Waals surface area contributed by atoms with Crippen LogP contribution in [0.15, 0.2) is 41.3 Å². The zero-order valence-electron chi connectivity index (χ0n) is 23.7. The lowest BCUT2D eigenvalue weighted by Gasteiger charge is -2.38. The van der Waals surface area contributed by atoms with Crippen LogP contribution in [0.4, 0.5) is 5.69 Å². The Labute approximate surface area is 236 Å². The molecule has 4 aliphatic rings. The molecule has 39 heavy (non-hydrogen) atoms. The van der Waals surface area contributed by atoms with Crippen molar-refractivity contribution in [2.24, 2.45) is 23.7 Å². The molecule has 3 aliphatic heterocycles. The second kappa shape index (κ2) is 11.7. The number of hydrogen-bond acceptors (Lipinski definition) is 5. The third kappa shape index (κ3) is 5.15. The van der Waals surface area contributed by atoms with Crippen LogP contribution in [-0.2, 0) is 19.1 Å². The molecule has 7 nitrogen and oxygen atoms in total. The number of hydrogen-bond donors (Lipinski definition) is 2. The summed E-state index contributed by atoms with van der Waals surface area (Å²) in [7, 11) is 0. The van der Waals surface area contributed by atoms with Gasteiger partial charge in [-0.15, -0.1) is 11.8 Å². The fourth-order valence-corrected chi connectivity index (χ4v) is 7.65. The molecule has 212 valence electrons. The topological polar surface area (TPSA) is 87.7 Å². The number of rotatable bonds is 10. The molecule has 2 N–H and O–H groups in total. The van der Waals surface area contributed by atoms with E-state index in [0.29, 0.717) is 24.1 Å². The van der Waals surface area contributed by atoms with Crippen molar-refractivity contribution in [1.82, 2.24) is 10.2 Å². The lowest BCUT2D eigenvalue weighted by Crippen LogP contribution is -2.58. The van der Waals surface area contributed by atoms with E-state index >= 15 is 0 Å². The molecule has 0 unspecified atom stereocenters. The Morgan fingerprint density at radius 1 is 1.15 bits per heavy atom. The first kappa shape index (κ1) is 28.2. The number of nitrogens with zero attached hydrogens (tertiary/aromatic N) is 1. The van der Waals surface area contributed by atoms with Gasteiger partial charge in [-0.05, 0) is 49.1 Å². The van der Waals surface area contributed by atoms with E-state index in [1.54, 1.807) is 16.7 Å². The molecule has 1 aromatic carbocycles. The Hall–Kier alpha value is -2.32. The van der Waals surface area contributed by atoms with Crippen LogP contribution in [0.2, 0.25) is 0 Å². The van der Waals surface area contributed by atoms with Crippen molar-refractivity contribution in [3.63, 3.8) is 0 Å². The molecule has 8 heteroatoms. The normalized spacial score (nSPS) is 34.8. The van der Waals surface area contributed by atoms with E-state index in [2.05, 4.69) is 31.4 Å². The largest absolute Gasteiger partial charge is 0.359 e. The summed E-state index contributed by atoms with van der Waals surface area (Å²) in [4.78, 5) is 44.6. The molecule has 0 aromatic heterocycles. The molecule has 3 heterocycles. The molecular formula is C31H43N3O4S. The molecule has 2 saturated heterocycles. The number of thioether (sulfide) groups is 1. The number of unbranched alkanes of at least 4 members (excludes halogenated alkanes) is 3. The van der Waals surface area contributed by atoms with Crippen LogP contribution in [0.5, 0.6) is 0 Å². The van der Waals surface area contributed by atoms with Crippen LogP contribution >= 0.6 is 11.8 Å². The summed E-state index contributed by atoms with van der Waals surface area (Å²) >= 11 is 1.61. The molecule has 1 aliphatic carbocycles. The SMILES string of the molecule is CCCCCCN1C(=O)[C@@H]2[C@H](C(=O)Nc3cccc(SC)c3)[C@@H]3C=C[C@@]2(O3)[C@@H]1C(=O)N[C@@H]1CCC[C@H](C)[C@H]1C. The van der Waals surface area contributed by atoms with Gasteiger partial charge in [0.25, 0.3) is 0 Å². The third-order valence-corrected chi connectivity index (χ3v) is 10.3. The second-order valence-corrected chi connectivity index (χ2v) is 12.8. The molecule has 0 radical (unpaired) electrons. The Bertz CT molecular complexity index is 1120. The summed E-state index contributed by atoms with van der Waals surface area (Å²) in [5, 5.41) is 6.36. The van der Waals surface area contributed by atoms with Crippen LogP contribution in [0.3, 0.4) is 0 Å². The van der Waals surface area contributed by atoms with Crippen LogP contribution in [0.25, 0.3) is 0 Å². The average Bonchev–Trinajstić information content (AvgIpc) is 3.56. The molecule has 3 amide bonds. The standard InChI is InChI=1S/C31H43N3O4S/c1-5-6-7-8-17-34-27(29(36)33-23-14-9-11-19(2)20(23)3)31-16-15-24(38-31)25(26(31)30(34)37)28(35)32-21-12-10-13-22(18-21)39-4/h10,12-13,15-16,18-20,23-27H,5-9,11,14,17H2,1-4H3,(H,32,35)(H,33,36)/t19-,20+,23+,24-,25+,26-,27-,31-/m0/s1. The van der Waals surface area contributed by atoms with E-state index in [1.165, 1.54) is 6.42 Å². The summed E-state index contributed by atoms with van der Waals surface area (Å²) in [5.41, 5.74) is -0.410. The number of carbonyl (C=O) groups excluding carboxylic acids is 3. The van der Waals surface area contributed by atoms with Gasteiger partial charge in [0.05, 0.1) is 17.9 Å². The minimum atomic E-state index is -1.11.